The van der Waals surface area contributed by atoms with Gasteiger partial charge in [0.15, 0.2) is 0 Å². The van der Waals surface area contributed by atoms with E-state index in [0.29, 0.717) is 13.1 Å². The zero-order valence-corrected chi connectivity index (χ0v) is 14.3. The molecule has 1 aromatic carbocycles. The van der Waals surface area contributed by atoms with E-state index in [1.807, 2.05) is 35.1 Å². The molecule has 124 valence electrons. The van der Waals surface area contributed by atoms with E-state index in [0.717, 1.165) is 17.0 Å². The van der Waals surface area contributed by atoms with E-state index in [1.165, 1.54) is 10.4 Å². The number of urea groups is 1. The van der Waals surface area contributed by atoms with E-state index in [2.05, 4.69) is 40.9 Å². The highest BCUT2D eigenvalue weighted by Crippen LogP contribution is 2.14. The van der Waals surface area contributed by atoms with Gasteiger partial charge in [-0.05, 0) is 24.6 Å². The fourth-order valence-corrected chi connectivity index (χ4v) is 3.18. The maximum absolute atomic E-state index is 11.8. The first-order valence-corrected chi connectivity index (χ1v) is 8.63. The Morgan fingerprint density at radius 3 is 2.62 bits per heavy atom. The van der Waals surface area contributed by atoms with E-state index >= 15 is 0 Å². The molecule has 0 aliphatic rings. The number of carbonyl (C=O) groups excluding carboxylic acids is 1. The number of carbonyl (C=O) groups is 1. The van der Waals surface area contributed by atoms with E-state index < -0.39 is 0 Å². The molecule has 2 aromatic heterocycles. The van der Waals surface area contributed by atoms with Crippen LogP contribution in [0.25, 0.3) is 0 Å². The van der Waals surface area contributed by atoms with Crippen LogP contribution in [0.2, 0.25) is 0 Å². The minimum atomic E-state index is -0.170. The standard InChI is InChI=1S/C18H20N4OS/c1-14-7-8-17(24-14)11-20-18(23)19-9-16-10-21-22(13-16)12-15-5-3-2-4-6-15/h2-8,10,13H,9,11-12H2,1H3,(H2,19,20,23). The number of aryl methyl sites for hydroxylation is 1. The Bertz CT molecular complexity index is 794. The second kappa shape index (κ2) is 7.79. The molecule has 0 bridgehead atoms. The van der Waals surface area contributed by atoms with Crippen molar-refractivity contribution in [2.45, 2.75) is 26.6 Å². The minimum Gasteiger partial charge on any atom is -0.334 e. The van der Waals surface area contributed by atoms with Crippen LogP contribution in [0.15, 0.2) is 54.9 Å². The van der Waals surface area contributed by atoms with Crippen molar-refractivity contribution in [3.63, 3.8) is 0 Å². The Kier molecular flexibility index (Phi) is 5.28. The molecule has 2 heterocycles. The Morgan fingerprint density at radius 1 is 1.08 bits per heavy atom. The van der Waals surface area contributed by atoms with Crippen LogP contribution in [0.1, 0.15) is 20.9 Å². The van der Waals surface area contributed by atoms with Gasteiger partial charge in [0, 0.05) is 28.1 Å². The molecule has 0 aliphatic carbocycles. The molecule has 2 N–H and O–H groups in total. The average molecular weight is 340 g/mol. The van der Waals surface area contributed by atoms with Gasteiger partial charge >= 0.3 is 6.03 Å². The van der Waals surface area contributed by atoms with Crippen LogP contribution in [-0.4, -0.2) is 15.8 Å². The summed E-state index contributed by atoms with van der Waals surface area (Å²) >= 11 is 1.69. The van der Waals surface area contributed by atoms with Gasteiger partial charge in [-0.1, -0.05) is 30.3 Å². The molecule has 2 amide bonds. The van der Waals surface area contributed by atoms with Crippen molar-refractivity contribution in [3.05, 3.63) is 75.7 Å². The SMILES string of the molecule is Cc1ccc(CNC(=O)NCc2cnn(Cc3ccccc3)c2)s1. The van der Waals surface area contributed by atoms with Crippen molar-refractivity contribution in [2.24, 2.45) is 0 Å². The third-order valence-corrected chi connectivity index (χ3v) is 4.55. The van der Waals surface area contributed by atoms with Gasteiger partial charge in [-0.3, -0.25) is 4.68 Å². The Morgan fingerprint density at radius 2 is 1.88 bits per heavy atom. The van der Waals surface area contributed by atoms with Crippen LogP contribution in [0.3, 0.4) is 0 Å². The predicted molar refractivity (Wildman–Crippen MR) is 95.9 cm³/mol. The molecule has 0 unspecified atom stereocenters. The molecule has 24 heavy (non-hydrogen) atoms. The summed E-state index contributed by atoms with van der Waals surface area (Å²) in [6.07, 6.45) is 3.74. The lowest BCUT2D eigenvalue weighted by atomic mass is 10.2. The molecule has 3 aromatic rings. The molecule has 0 saturated heterocycles. The highest BCUT2D eigenvalue weighted by molar-refractivity contribution is 7.11. The van der Waals surface area contributed by atoms with Crippen molar-refractivity contribution in [2.75, 3.05) is 0 Å². The summed E-state index contributed by atoms with van der Waals surface area (Å²) in [5.74, 6) is 0. The smallest absolute Gasteiger partial charge is 0.315 e. The van der Waals surface area contributed by atoms with Crippen molar-refractivity contribution >= 4 is 17.4 Å². The summed E-state index contributed by atoms with van der Waals surface area (Å²) < 4.78 is 1.87. The number of rotatable bonds is 6. The molecular formula is C18H20N4OS. The number of thiophene rings is 1. The van der Waals surface area contributed by atoms with Gasteiger partial charge in [-0.2, -0.15) is 5.10 Å². The van der Waals surface area contributed by atoms with Gasteiger partial charge < -0.3 is 10.6 Å². The van der Waals surface area contributed by atoms with Gasteiger partial charge in [-0.15, -0.1) is 11.3 Å². The van der Waals surface area contributed by atoms with E-state index in [9.17, 15) is 4.79 Å². The van der Waals surface area contributed by atoms with Crippen molar-refractivity contribution in [3.8, 4) is 0 Å². The van der Waals surface area contributed by atoms with Crippen LogP contribution in [0.5, 0.6) is 0 Å². The van der Waals surface area contributed by atoms with E-state index in [-0.39, 0.29) is 6.03 Å². The quantitative estimate of drug-likeness (QED) is 0.723. The molecule has 0 fully saturated rings. The largest absolute Gasteiger partial charge is 0.334 e. The molecule has 3 rings (SSSR count). The number of aromatic nitrogens is 2. The summed E-state index contributed by atoms with van der Waals surface area (Å²) in [5, 5.41) is 10.0. The molecule has 0 atom stereocenters. The number of nitrogens with one attached hydrogen (secondary N) is 2. The van der Waals surface area contributed by atoms with Crippen molar-refractivity contribution < 1.29 is 4.79 Å². The summed E-state index contributed by atoms with van der Waals surface area (Å²) in [6.45, 7) is 3.80. The molecule has 0 spiro atoms. The van der Waals surface area contributed by atoms with Crippen LogP contribution in [0.4, 0.5) is 4.79 Å². The number of benzene rings is 1. The van der Waals surface area contributed by atoms with E-state index in [4.69, 9.17) is 0 Å². The van der Waals surface area contributed by atoms with Crippen molar-refractivity contribution in [1.82, 2.24) is 20.4 Å². The molecule has 0 radical (unpaired) electrons. The minimum absolute atomic E-state index is 0.170. The number of hydrogen-bond donors (Lipinski definition) is 2. The molecule has 6 heteroatoms. The van der Waals surface area contributed by atoms with Gasteiger partial charge in [0.25, 0.3) is 0 Å². The lowest BCUT2D eigenvalue weighted by molar-refractivity contribution is 0.240. The van der Waals surface area contributed by atoms with Gasteiger partial charge in [0.2, 0.25) is 0 Å². The maximum Gasteiger partial charge on any atom is 0.315 e. The summed E-state index contributed by atoms with van der Waals surface area (Å²) in [4.78, 5) is 14.2. The molecule has 0 saturated carbocycles. The molecule has 0 aliphatic heterocycles. The lowest BCUT2D eigenvalue weighted by Crippen LogP contribution is -2.34. The highest BCUT2D eigenvalue weighted by Gasteiger charge is 2.04. The van der Waals surface area contributed by atoms with Crippen LogP contribution in [-0.2, 0) is 19.6 Å². The number of hydrogen-bond acceptors (Lipinski definition) is 3. The van der Waals surface area contributed by atoms with Gasteiger partial charge in [-0.25, -0.2) is 4.79 Å². The third-order valence-electron chi connectivity index (χ3n) is 3.55. The third kappa shape index (κ3) is 4.70. The first-order chi connectivity index (χ1) is 11.7. The van der Waals surface area contributed by atoms with Crippen LogP contribution < -0.4 is 10.6 Å². The average Bonchev–Trinajstić information content (AvgIpc) is 3.21. The highest BCUT2D eigenvalue weighted by atomic mass is 32.1. The van der Waals surface area contributed by atoms with Crippen LogP contribution >= 0.6 is 11.3 Å². The summed E-state index contributed by atoms with van der Waals surface area (Å²) in [7, 11) is 0. The Hall–Kier alpha value is -2.60. The van der Waals surface area contributed by atoms with Gasteiger partial charge in [0.1, 0.15) is 0 Å². The van der Waals surface area contributed by atoms with Crippen molar-refractivity contribution in [1.29, 1.82) is 0 Å². The summed E-state index contributed by atoms with van der Waals surface area (Å²) in [6, 6.07) is 14.1. The first kappa shape index (κ1) is 16.3. The topological polar surface area (TPSA) is 59.0 Å². The second-order valence-electron chi connectivity index (χ2n) is 5.58. The monoisotopic (exact) mass is 340 g/mol. The van der Waals surface area contributed by atoms with Crippen LogP contribution in [0, 0.1) is 6.92 Å². The molecule has 5 nitrogen and oxygen atoms in total. The Balaban J connectivity index is 1.44. The predicted octanol–water partition coefficient (Wildman–Crippen LogP) is 3.30. The number of amides is 2. The zero-order valence-electron chi connectivity index (χ0n) is 13.5. The lowest BCUT2D eigenvalue weighted by Gasteiger charge is -2.05. The number of nitrogens with zero attached hydrogens (tertiary/aromatic N) is 2. The maximum atomic E-state index is 11.8. The fraction of sp³-hybridized carbons (Fsp3) is 0.222. The fourth-order valence-electron chi connectivity index (χ4n) is 2.35. The van der Waals surface area contributed by atoms with E-state index in [1.54, 1.807) is 17.5 Å². The Labute approximate surface area is 145 Å². The normalized spacial score (nSPS) is 10.5. The molecular weight excluding hydrogens is 320 g/mol. The zero-order chi connectivity index (χ0) is 16.8. The second-order valence-corrected chi connectivity index (χ2v) is 6.95. The first-order valence-electron chi connectivity index (χ1n) is 7.81. The summed E-state index contributed by atoms with van der Waals surface area (Å²) in [5.41, 5.74) is 2.18. The van der Waals surface area contributed by atoms with Gasteiger partial charge in [0.05, 0.1) is 19.3 Å².